The van der Waals surface area contributed by atoms with Gasteiger partial charge in [-0.15, -0.1) is 0 Å². The van der Waals surface area contributed by atoms with Gasteiger partial charge in [0.15, 0.2) is 0 Å². The highest BCUT2D eigenvalue weighted by atomic mass is 16.5. The average molecular weight is 153 g/mol. The summed E-state index contributed by atoms with van der Waals surface area (Å²) in [5, 5.41) is 0. The SMILES string of the molecule is COC=O.Nc1ccccc1. The molecule has 0 bridgehead atoms. The van der Waals surface area contributed by atoms with E-state index in [0.717, 1.165) is 5.69 Å². The van der Waals surface area contributed by atoms with Crippen molar-refractivity contribution in [2.45, 2.75) is 0 Å². The van der Waals surface area contributed by atoms with Crippen molar-refractivity contribution in [2.75, 3.05) is 12.8 Å². The second-order valence-corrected chi connectivity index (χ2v) is 1.74. The summed E-state index contributed by atoms with van der Waals surface area (Å²) in [6.07, 6.45) is 0. The highest BCUT2D eigenvalue weighted by Crippen LogP contribution is 1.95. The fraction of sp³-hybridized carbons (Fsp3) is 0.125. The number of carbonyl (C=O) groups excluding carboxylic acids is 1. The largest absolute Gasteiger partial charge is 0.471 e. The third kappa shape index (κ3) is 6.37. The predicted molar refractivity (Wildman–Crippen MR) is 43.9 cm³/mol. The van der Waals surface area contributed by atoms with Gasteiger partial charge in [-0.1, -0.05) is 18.2 Å². The number of benzene rings is 1. The van der Waals surface area contributed by atoms with E-state index in [9.17, 15) is 0 Å². The third-order valence-corrected chi connectivity index (χ3v) is 0.896. The molecule has 0 spiro atoms. The molecule has 0 heterocycles. The minimum atomic E-state index is 0.375. The molecule has 0 aliphatic carbocycles. The summed E-state index contributed by atoms with van der Waals surface area (Å²) in [6, 6.07) is 9.49. The molecule has 0 aromatic heterocycles. The summed E-state index contributed by atoms with van der Waals surface area (Å²) in [4.78, 5) is 8.95. The molecule has 0 saturated carbocycles. The minimum Gasteiger partial charge on any atom is -0.471 e. The van der Waals surface area contributed by atoms with E-state index in [4.69, 9.17) is 10.5 Å². The summed E-state index contributed by atoms with van der Waals surface area (Å²) >= 11 is 0. The molecular weight excluding hydrogens is 142 g/mol. The summed E-state index contributed by atoms with van der Waals surface area (Å²) in [7, 11) is 1.31. The zero-order chi connectivity index (χ0) is 8.53. The van der Waals surface area contributed by atoms with Crippen molar-refractivity contribution < 1.29 is 9.53 Å². The number of rotatable bonds is 1. The third-order valence-electron chi connectivity index (χ3n) is 0.896. The van der Waals surface area contributed by atoms with Crippen LogP contribution in [0.1, 0.15) is 0 Å². The molecule has 3 nitrogen and oxygen atoms in total. The highest BCUT2D eigenvalue weighted by molar-refractivity contribution is 5.36. The van der Waals surface area contributed by atoms with Crippen LogP contribution in [-0.2, 0) is 9.53 Å². The Balaban J connectivity index is 0.000000218. The smallest absolute Gasteiger partial charge is 0.292 e. The van der Waals surface area contributed by atoms with Gasteiger partial charge in [-0.05, 0) is 12.1 Å². The standard InChI is InChI=1S/C6H7N.C2H4O2/c7-6-4-2-1-3-5-6;1-4-2-3/h1-5H,7H2;2H,1H3. The molecule has 0 saturated heterocycles. The van der Waals surface area contributed by atoms with Crippen LogP contribution in [0.2, 0.25) is 0 Å². The van der Waals surface area contributed by atoms with Gasteiger partial charge in [-0.25, -0.2) is 0 Å². The number of carbonyl (C=O) groups is 1. The Bertz CT molecular complexity index is 187. The number of hydrogen-bond acceptors (Lipinski definition) is 3. The van der Waals surface area contributed by atoms with Gasteiger partial charge in [-0.2, -0.15) is 0 Å². The number of ether oxygens (including phenoxy) is 1. The first-order valence-electron chi connectivity index (χ1n) is 3.08. The van der Waals surface area contributed by atoms with E-state index in [-0.39, 0.29) is 0 Å². The number of hydrogen-bond donors (Lipinski definition) is 1. The first kappa shape index (κ1) is 9.49. The van der Waals surface area contributed by atoms with Crippen LogP contribution in [-0.4, -0.2) is 13.6 Å². The van der Waals surface area contributed by atoms with Gasteiger partial charge in [0.25, 0.3) is 6.47 Å². The van der Waals surface area contributed by atoms with Crippen LogP contribution in [0.4, 0.5) is 5.69 Å². The predicted octanol–water partition coefficient (Wildman–Crippen LogP) is 1.06. The average Bonchev–Trinajstić information content (AvgIpc) is 2.07. The zero-order valence-electron chi connectivity index (χ0n) is 6.36. The summed E-state index contributed by atoms with van der Waals surface area (Å²) in [6.45, 7) is 0.375. The number of anilines is 1. The van der Waals surface area contributed by atoms with Crippen LogP contribution in [0, 0.1) is 0 Å². The number of para-hydroxylation sites is 1. The van der Waals surface area contributed by atoms with E-state index in [1.54, 1.807) is 0 Å². The second-order valence-electron chi connectivity index (χ2n) is 1.74. The number of nitrogens with two attached hydrogens (primary N) is 1. The summed E-state index contributed by atoms with van der Waals surface area (Å²) in [5.74, 6) is 0. The Morgan fingerprint density at radius 2 is 1.82 bits per heavy atom. The maximum Gasteiger partial charge on any atom is 0.292 e. The molecule has 0 fully saturated rings. The Kier molecular flexibility index (Phi) is 5.70. The van der Waals surface area contributed by atoms with Crippen LogP contribution in [0.5, 0.6) is 0 Å². The lowest BCUT2D eigenvalue weighted by atomic mass is 10.3. The molecule has 0 amide bonds. The molecule has 60 valence electrons. The molecule has 2 N–H and O–H groups in total. The monoisotopic (exact) mass is 153 g/mol. The van der Waals surface area contributed by atoms with Gasteiger partial charge >= 0.3 is 0 Å². The fourth-order valence-corrected chi connectivity index (χ4v) is 0.453. The molecule has 0 aliphatic heterocycles. The zero-order valence-corrected chi connectivity index (χ0v) is 6.36. The summed E-state index contributed by atoms with van der Waals surface area (Å²) < 4.78 is 3.86. The Morgan fingerprint density at radius 3 is 2.00 bits per heavy atom. The molecule has 11 heavy (non-hydrogen) atoms. The summed E-state index contributed by atoms with van der Waals surface area (Å²) in [5.41, 5.74) is 6.18. The van der Waals surface area contributed by atoms with E-state index >= 15 is 0 Å². The van der Waals surface area contributed by atoms with E-state index < -0.39 is 0 Å². The van der Waals surface area contributed by atoms with Gasteiger partial charge in [0.1, 0.15) is 0 Å². The van der Waals surface area contributed by atoms with E-state index in [1.165, 1.54) is 7.11 Å². The molecular formula is C8H11NO2. The van der Waals surface area contributed by atoms with Gasteiger partial charge in [0.05, 0.1) is 7.11 Å². The minimum absolute atomic E-state index is 0.375. The van der Waals surface area contributed by atoms with Crippen molar-refractivity contribution in [1.82, 2.24) is 0 Å². The van der Waals surface area contributed by atoms with E-state index in [2.05, 4.69) is 4.74 Å². The van der Waals surface area contributed by atoms with Gasteiger partial charge in [0.2, 0.25) is 0 Å². The Labute approximate surface area is 65.8 Å². The van der Waals surface area contributed by atoms with Crippen molar-refractivity contribution in [2.24, 2.45) is 0 Å². The van der Waals surface area contributed by atoms with Gasteiger partial charge in [0, 0.05) is 5.69 Å². The van der Waals surface area contributed by atoms with Crippen molar-refractivity contribution in [3.63, 3.8) is 0 Å². The topological polar surface area (TPSA) is 52.3 Å². The molecule has 1 aromatic carbocycles. The van der Waals surface area contributed by atoms with Crippen molar-refractivity contribution in [1.29, 1.82) is 0 Å². The van der Waals surface area contributed by atoms with E-state index in [0.29, 0.717) is 6.47 Å². The van der Waals surface area contributed by atoms with Crippen LogP contribution in [0.15, 0.2) is 30.3 Å². The lowest BCUT2D eigenvalue weighted by molar-refractivity contribution is -0.126. The first-order chi connectivity index (χ1) is 5.31. The van der Waals surface area contributed by atoms with Gasteiger partial charge in [-0.3, -0.25) is 4.79 Å². The molecule has 0 aliphatic rings. The number of nitrogen functional groups attached to an aromatic ring is 1. The lowest BCUT2D eigenvalue weighted by Gasteiger charge is -1.83. The maximum absolute atomic E-state index is 8.95. The molecule has 1 aromatic rings. The van der Waals surface area contributed by atoms with Gasteiger partial charge < -0.3 is 10.5 Å². The lowest BCUT2D eigenvalue weighted by Crippen LogP contribution is -1.79. The van der Waals surface area contributed by atoms with E-state index in [1.807, 2.05) is 30.3 Å². The molecule has 0 atom stereocenters. The van der Waals surface area contributed by atoms with Crippen LogP contribution in [0.25, 0.3) is 0 Å². The van der Waals surface area contributed by atoms with Crippen molar-refractivity contribution in [3.05, 3.63) is 30.3 Å². The molecule has 0 radical (unpaired) electrons. The normalized spacial score (nSPS) is 7.36. The first-order valence-corrected chi connectivity index (χ1v) is 3.08. The van der Waals surface area contributed by atoms with Crippen LogP contribution >= 0.6 is 0 Å². The molecule has 3 heteroatoms. The fourth-order valence-electron chi connectivity index (χ4n) is 0.453. The quantitative estimate of drug-likeness (QED) is 0.484. The Hall–Kier alpha value is -1.51. The Morgan fingerprint density at radius 1 is 1.36 bits per heavy atom. The van der Waals surface area contributed by atoms with Crippen molar-refractivity contribution >= 4 is 12.2 Å². The molecule has 0 unspecified atom stereocenters. The van der Waals surface area contributed by atoms with Crippen molar-refractivity contribution in [3.8, 4) is 0 Å². The maximum atomic E-state index is 8.95. The highest BCUT2D eigenvalue weighted by Gasteiger charge is 1.72. The van der Waals surface area contributed by atoms with Crippen LogP contribution < -0.4 is 5.73 Å². The molecule has 1 rings (SSSR count). The van der Waals surface area contributed by atoms with Crippen LogP contribution in [0.3, 0.4) is 0 Å². The second kappa shape index (κ2) is 6.61. The number of methoxy groups -OCH3 is 1.